The van der Waals surface area contributed by atoms with Crippen LogP contribution in [0.5, 0.6) is 0 Å². The van der Waals surface area contributed by atoms with Gasteiger partial charge in [0, 0.05) is 18.1 Å². The molecule has 0 amide bonds. The zero-order valence-corrected chi connectivity index (χ0v) is 11.1. The van der Waals surface area contributed by atoms with E-state index >= 15 is 0 Å². The zero-order chi connectivity index (χ0) is 11.7. The van der Waals surface area contributed by atoms with Crippen LogP contribution in [0.15, 0.2) is 0 Å². The van der Waals surface area contributed by atoms with Crippen molar-refractivity contribution in [3.05, 3.63) is 0 Å². The predicted molar refractivity (Wildman–Crippen MR) is 65.9 cm³/mol. The minimum atomic E-state index is -2.76. The van der Waals surface area contributed by atoms with Crippen LogP contribution in [0.4, 0.5) is 0 Å². The largest absolute Gasteiger partial charge is 0.314 e. The van der Waals surface area contributed by atoms with E-state index in [4.69, 9.17) is 0 Å². The van der Waals surface area contributed by atoms with Gasteiger partial charge in [-0.3, -0.25) is 0 Å². The molecular weight excluding hydrogens is 210 g/mol. The van der Waals surface area contributed by atoms with Gasteiger partial charge in [-0.15, -0.1) is 0 Å². The minimum Gasteiger partial charge on any atom is -0.314 e. The van der Waals surface area contributed by atoms with Crippen molar-refractivity contribution in [1.29, 1.82) is 0 Å². The van der Waals surface area contributed by atoms with Crippen LogP contribution in [-0.4, -0.2) is 33.0 Å². The molecule has 1 atom stereocenters. The molecule has 4 heteroatoms. The van der Waals surface area contributed by atoms with Gasteiger partial charge in [-0.05, 0) is 25.8 Å². The van der Waals surface area contributed by atoms with Crippen molar-refractivity contribution in [2.75, 3.05) is 18.6 Å². The Hall–Kier alpha value is -0.0900. The summed E-state index contributed by atoms with van der Waals surface area (Å²) in [6, 6.07) is 0.605. The van der Waals surface area contributed by atoms with E-state index in [0.717, 1.165) is 38.6 Å². The average molecular weight is 235 g/mol. The highest BCUT2D eigenvalue weighted by atomic mass is 32.2. The Kier molecular flexibility index (Phi) is 8.06. The number of hydrogen-bond donors (Lipinski definition) is 1. The van der Waals surface area contributed by atoms with Crippen molar-refractivity contribution in [2.24, 2.45) is 0 Å². The molecule has 1 unspecified atom stereocenters. The molecule has 92 valence electrons. The van der Waals surface area contributed by atoms with E-state index in [9.17, 15) is 8.42 Å². The quantitative estimate of drug-likeness (QED) is 0.622. The van der Waals surface area contributed by atoms with Gasteiger partial charge in [0.05, 0.1) is 0 Å². The first kappa shape index (κ1) is 14.9. The van der Waals surface area contributed by atoms with E-state index in [-0.39, 0.29) is 0 Å². The fraction of sp³-hybridized carbons (Fsp3) is 1.00. The van der Waals surface area contributed by atoms with E-state index in [1.54, 1.807) is 0 Å². The average Bonchev–Trinajstić information content (AvgIpc) is 2.14. The van der Waals surface area contributed by atoms with Gasteiger partial charge in [0.2, 0.25) is 0 Å². The summed E-state index contributed by atoms with van der Waals surface area (Å²) in [7, 11) is -2.76. The lowest BCUT2D eigenvalue weighted by Gasteiger charge is -2.15. The van der Waals surface area contributed by atoms with Crippen LogP contribution < -0.4 is 5.32 Å². The maximum Gasteiger partial charge on any atom is 0.147 e. The summed E-state index contributed by atoms with van der Waals surface area (Å²) in [6.45, 7) is 5.32. The van der Waals surface area contributed by atoms with Crippen LogP contribution in [0.2, 0.25) is 0 Å². The lowest BCUT2D eigenvalue weighted by atomic mass is 10.1. The molecule has 0 aliphatic carbocycles. The van der Waals surface area contributed by atoms with Gasteiger partial charge in [-0.2, -0.15) is 0 Å². The number of rotatable bonds is 9. The molecule has 0 radical (unpaired) electrons. The maximum atomic E-state index is 10.9. The van der Waals surface area contributed by atoms with Gasteiger partial charge in [-0.25, -0.2) is 8.42 Å². The molecule has 1 N–H and O–H groups in total. The lowest BCUT2D eigenvalue weighted by Crippen LogP contribution is -2.27. The Labute approximate surface area is 94.6 Å². The number of unbranched alkanes of at least 4 members (excludes halogenated alkanes) is 2. The molecule has 0 saturated heterocycles. The molecule has 0 aliphatic rings. The van der Waals surface area contributed by atoms with Crippen LogP contribution in [0.25, 0.3) is 0 Å². The zero-order valence-electron chi connectivity index (χ0n) is 10.3. The highest BCUT2D eigenvalue weighted by Gasteiger charge is 2.05. The fourth-order valence-corrected chi connectivity index (χ4v) is 2.40. The second kappa shape index (κ2) is 8.11. The van der Waals surface area contributed by atoms with Crippen molar-refractivity contribution in [3.8, 4) is 0 Å². The smallest absolute Gasteiger partial charge is 0.147 e. The van der Waals surface area contributed by atoms with Crippen LogP contribution in [0.3, 0.4) is 0 Å². The number of hydrogen-bond acceptors (Lipinski definition) is 3. The standard InChI is InChI=1S/C11H25NO2S/c1-4-11(12-5-2)9-7-6-8-10-15(3,13)14/h11-12H,4-10H2,1-3H3. The summed E-state index contributed by atoms with van der Waals surface area (Å²) in [6.07, 6.45) is 6.58. The SMILES string of the molecule is CCNC(CC)CCCCCS(C)(=O)=O. The van der Waals surface area contributed by atoms with Crippen molar-refractivity contribution >= 4 is 9.84 Å². The molecule has 15 heavy (non-hydrogen) atoms. The van der Waals surface area contributed by atoms with Crippen LogP contribution >= 0.6 is 0 Å². The van der Waals surface area contributed by atoms with Gasteiger partial charge in [-0.1, -0.05) is 26.7 Å². The van der Waals surface area contributed by atoms with E-state index in [1.165, 1.54) is 6.26 Å². The van der Waals surface area contributed by atoms with Gasteiger partial charge in [0.1, 0.15) is 9.84 Å². The normalized spacial score (nSPS) is 14.1. The van der Waals surface area contributed by atoms with E-state index < -0.39 is 9.84 Å². The van der Waals surface area contributed by atoms with E-state index in [0.29, 0.717) is 11.8 Å². The van der Waals surface area contributed by atoms with Crippen molar-refractivity contribution < 1.29 is 8.42 Å². The topological polar surface area (TPSA) is 46.2 Å². The third-order valence-corrected chi connectivity index (χ3v) is 3.58. The summed E-state index contributed by atoms with van der Waals surface area (Å²) in [5.74, 6) is 0.338. The fourth-order valence-electron chi connectivity index (χ4n) is 1.67. The first-order chi connectivity index (χ1) is 6.99. The molecule has 0 rings (SSSR count). The summed E-state index contributed by atoms with van der Waals surface area (Å²) in [5, 5.41) is 3.42. The van der Waals surface area contributed by atoms with Crippen molar-refractivity contribution in [1.82, 2.24) is 5.32 Å². The van der Waals surface area contributed by atoms with Gasteiger partial charge >= 0.3 is 0 Å². The van der Waals surface area contributed by atoms with Gasteiger partial charge in [0.15, 0.2) is 0 Å². The summed E-state index contributed by atoms with van der Waals surface area (Å²) in [4.78, 5) is 0. The summed E-state index contributed by atoms with van der Waals surface area (Å²) < 4.78 is 21.7. The lowest BCUT2D eigenvalue weighted by molar-refractivity contribution is 0.458. The first-order valence-electron chi connectivity index (χ1n) is 5.90. The molecule has 0 saturated carbocycles. The maximum absolute atomic E-state index is 10.9. The highest BCUT2D eigenvalue weighted by molar-refractivity contribution is 7.90. The third kappa shape index (κ3) is 10.2. The van der Waals surface area contributed by atoms with Gasteiger partial charge in [0.25, 0.3) is 0 Å². The Morgan fingerprint density at radius 2 is 1.80 bits per heavy atom. The number of sulfone groups is 1. The highest BCUT2D eigenvalue weighted by Crippen LogP contribution is 2.07. The van der Waals surface area contributed by atoms with E-state index in [2.05, 4.69) is 19.2 Å². The Bertz CT molecular complexity index is 237. The van der Waals surface area contributed by atoms with Crippen molar-refractivity contribution in [3.63, 3.8) is 0 Å². The van der Waals surface area contributed by atoms with Crippen molar-refractivity contribution in [2.45, 2.75) is 52.0 Å². The third-order valence-electron chi connectivity index (χ3n) is 2.55. The van der Waals surface area contributed by atoms with Gasteiger partial charge < -0.3 is 5.32 Å². The Morgan fingerprint density at radius 1 is 1.13 bits per heavy atom. The molecule has 0 spiro atoms. The van der Waals surface area contributed by atoms with E-state index in [1.807, 2.05) is 0 Å². The first-order valence-corrected chi connectivity index (χ1v) is 7.96. The summed E-state index contributed by atoms with van der Waals surface area (Å²) in [5.41, 5.74) is 0. The molecule has 0 fully saturated rings. The molecule has 0 aromatic carbocycles. The van der Waals surface area contributed by atoms with Crippen LogP contribution in [-0.2, 0) is 9.84 Å². The molecule has 0 heterocycles. The second-order valence-corrected chi connectivity index (χ2v) is 6.40. The molecule has 0 bridgehead atoms. The van der Waals surface area contributed by atoms with Crippen LogP contribution in [0.1, 0.15) is 46.0 Å². The number of nitrogens with one attached hydrogen (secondary N) is 1. The molecule has 0 aliphatic heterocycles. The minimum absolute atomic E-state index is 0.338. The second-order valence-electron chi connectivity index (χ2n) is 4.14. The molecule has 3 nitrogen and oxygen atoms in total. The summed E-state index contributed by atoms with van der Waals surface area (Å²) >= 11 is 0. The molecule has 0 aromatic rings. The Morgan fingerprint density at radius 3 is 2.27 bits per heavy atom. The van der Waals surface area contributed by atoms with Crippen LogP contribution in [0, 0.1) is 0 Å². The Balaban J connectivity index is 3.44. The molecular formula is C11H25NO2S. The predicted octanol–water partition coefficient (Wildman–Crippen LogP) is 1.98. The molecule has 0 aromatic heterocycles. The monoisotopic (exact) mass is 235 g/mol.